The molecule has 0 bridgehead atoms. The number of hydrogen-bond acceptors (Lipinski definition) is 4. The summed E-state index contributed by atoms with van der Waals surface area (Å²) in [6.45, 7) is 4.74. The van der Waals surface area contributed by atoms with Crippen LogP contribution in [0.4, 0.5) is 4.39 Å². The molecule has 118 valence electrons. The van der Waals surface area contributed by atoms with E-state index in [2.05, 4.69) is 5.43 Å². The summed E-state index contributed by atoms with van der Waals surface area (Å²) in [6, 6.07) is 4.77. The van der Waals surface area contributed by atoms with Gasteiger partial charge in [-0.2, -0.15) is 0 Å². The molecule has 0 saturated heterocycles. The average Bonchev–Trinajstić information content (AvgIpc) is 2.74. The third kappa shape index (κ3) is 3.34. The van der Waals surface area contributed by atoms with Crippen molar-refractivity contribution in [3.63, 3.8) is 0 Å². The molecule has 0 fully saturated rings. The van der Waals surface area contributed by atoms with E-state index < -0.39 is 21.7 Å². The molecule has 6 nitrogen and oxygen atoms in total. The number of nitrogens with one attached hydrogen (secondary N) is 2. The van der Waals surface area contributed by atoms with Gasteiger partial charge in [0, 0.05) is 0 Å². The number of carbonyl (C=O) groups is 1. The van der Waals surface area contributed by atoms with E-state index in [-0.39, 0.29) is 16.0 Å². The summed E-state index contributed by atoms with van der Waals surface area (Å²) in [5.41, 5.74) is 2.57. The van der Waals surface area contributed by atoms with E-state index >= 15 is 0 Å². The Kier molecular flexibility index (Phi) is 4.34. The van der Waals surface area contributed by atoms with Crippen LogP contribution in [0.25, 0.3) is 0 Å². The van der Waals surface area contributed by atoms with Gasteiger partial charge in [0.15, 0.2) is 0 Å². The zero-order valence-electron chi connectivity index (χ0n) is 12.2. The van der Waals surface area contributed by atoms with Crippen LogP contribution >= 0.6 is 0 Å². The third-order valence-corrected chi connectivity index (χ3v) is 4.42. The molecule has 1 amide bonds. The maximum Gasteiger partial charge on any atom is 0.269 e. The molecule has 2 rings (SSSR count). The first-order valence-electron chi connectivity index (χ1n) is 6.36. The largest absolute Gasteiger partial charge is 0.466 e. The topological polar surface area (TPSA) is 88.4 Å². The van der Waals surface area contributed by atoms with E-state index in [9.17, 15) is 17.6 Å². The second kappa shape index (κ2) is 5.90. The minimum absolute atomic E-state index is 0.116. The quantitative estimate of drug-likeness (QED) is 0.841. The summed E-state index contributed by atoms with van der Waals surface area (Å²) in [7, 11) is -4.00. The number of sulfonamides is 1. The molecule has 0 aliphatic carbocycles. The summed E-state index contributed by atoms with van der Waals surface area (Å²) in [5, 5.41) is 0. The predicted octanol–water partition coefficient (Wildman–Crippen LogP) is 1.97. The molecule has 0 spiro atoms. The molecule has 0 aliphatic rings. The summed E-state index contributed by atoms with van der Waals surface area (Å²) in [4.78, 5) is 13.8. The molecule has 2 aromatic rings. The number of hydrogen-bond donors (Lipinski definition) is 2. The Morgan fingerprint density at radius 2 is 1.86 bits per heavy atom. The maximum absolute atomic E-state index is 13.0. The highest BCUT2D eigenvalue weighted by Gasteiger charge is 2.20. The van der Waals surface area contributed by atoms with Crippen molar-refractivity contribution < 1.29 is 22.0 Å². The van der Waals surface area contributed by atoms with Gasteiger partial charge in [-0.05, 0) is 50.6 Å². The van der Waals surface area contributed by atoms with E-state index in [1.807, 2.05) is 4.83 Å². The lowest BCUT2D eigenvalue weighted by Gasteiger charge is -2.10. The van der Waals surface area contributed by atoms with Gasteiger partial charge < -0.3 is 4.42 Å². The first-order chi connectivity index (χ1) is 10.2. The Morgan fingerprint density at radius 3 is 2.41 bits per heavy atom. The van der Waals surface area contributed by atoms with Gasteiger partial charge in [0.2, 0.25) is 0 Å². The van der Waals surface area contributed by atoms with Gasteiger partial charge in [-0.25, -0.2) is 12.8 Å². The maximum atomic E-state index is 13.0. The van der Waals surface area contributed by atoms with Crippen molar-refractivity contribution in [3.8, 4) is 0 Å². The molecule has 0 unspecified atom stereocenters. The predicted molar refractivity (Wildman–Crippen MR) is 77.1 cm³/mol. The van der Waals surface area contributed by atoms with Crippen molar-refractivity contribution in [2.24, 2.45) is 0 Å². The lowest BCUT2D eigenvalue weighted by Crippen LogP contribution is -2.41. The number of benzene rings is 1. The third-order valence-electron chi connectivity index (χ3n) is 3.01. The standard InChI is InChI=1S/C14H15FN2O4S/c1-8-6-11(15)4-5-13(8)22(19,20)17-16-14(18)12-7-9(2)21-10(12)3/h4-7,17H,1-3H3,(H,16,18). The van der Waals surface area contributed by atoms with Crippen molar-refractivity contribution in [1.29, 1.82) is 0 Å². The van der Waals surface area contributed by atoms with E-state index in [0.717, 1.165) is 18.2 Å². The molecule has 1 aromatic carbocycles. The summed E-state index contributed by atoms with van der Waals surface area (Å²) in [6.07, 6.45) is 0. The van der Waals surface area contributed by atoms with Crippen molar-refractivity contribution in [1.82, 2.24) is 10.3 Å². The SMILES string of the molecule is Cc1cc(C(=O)NNS(=O)(=O)c2ccc(F)cc2C)c(C)o1. The van der Waals surface area contributed by atoms with Gasteiger partial charge >= 0.3 is 0 Å². The molecule has 1 aromatic heterocycles. The fraction of sp³-hybridized carbons (Fsp3) is 0.214. The second-order valence-corrected chi connectivity index (χ2v) is 6.45. The molecule has 0 aliphatic heterocycles. The Hall–Kier alpha value is -2.19. The van der Waals surface area contributed by atoms with E-state index in [0.29, 0.717) is 11.5 Å². The molecular formula is C14H15FN2O4S. The van der Waals surface area contributed by atoms with Crippen LogP contribution in [0.5, 0.6) is 0 Å². The zero-order chi connectivity index (χ0) is 16.5. The molecule has 8 heteroatoms. The fourth-order valence-corrected chi connectivity index (χ4v) is 3.07. The van der Waals surface area contributed by atoms with E-state index in [4.69, 9.17) is 4.42 Å². The molecular weight excluding hydrogens is 311 g/mol. The van der Waals surface area contributed by atoms with Gasteiger partial charge in [-0.15, -0.1) is 4.83 Å². The van der Waals surface area contributed by atoms with Crippen molar-refractivity contribution in [3.05, 3.63) is 52.7 Å². The lowest BCUT2D eigenvalue weighted by molar-refractivity contribution is 0.0943. The monoisotopic (exact) mass is 326 g/mol. The highest BCUT2D eigenvalue weighted by atomic mass is 32.2. The van der Waals surface area contributed by atoms with Crippen molar-refractivity contribution in [2.75, 3.05) is 0 Å². The molecule has 0 radical (unpaired) electrons. The van der Waals surface area contributed by atoms with Crippen molar-refractivity contribution >= 4 is 15.9 Å². The van der Waals surface area contributed by atoms with Gasteiger partial charge in [0.25, 0.3) is 15.9 Å². The highest BCUT2D eigenvalue weighted by Crippen LogP contribution is 2.16. The number of halogens is 1. The van der Waals surface area contributed by atoms with E-state index in [1.165, 1.54) is 13.0 Å². The first-order valence-corrected chi connectivity index (χ1v) is 7.84. The van der Waals surface area contributed by atoms with Crippen LogP contribution in [0.3, 0.4) is 0 Å². The Bertz CT molecular complexity index is 827. The van der Waals surface area contributed by atoms with Crippen LogP contribution in [0.1, 0.15) is 27.4 Å². The van der Waals surface area contributed by atoms with Gasteiger partial charge in [0.05, 0.1) is 10.5 Å². The number of carbonyl (C=O) groups excluding carboxylic acids is 1. The van der Waals surface area contributed by atoms with Crippen LogP contribution < -0.4 is 10.3 Å². The molecule has 0 atom stereocenters. The van der Waals surface area contributed by atoms with Crippen LogP contribution in [0.15, 0.2) is 33.6 Å². The van der Waals surface area contributed by atoms with E-state index in [1.54, 1.807) is 13.8 Å². The zero-order valence-corrected chi connectivity index (χ0v) is 13.0. The minimum Gasteiger partial charge on any atom is -0.466 e. The van der Waals surface area contributed by atoms with Gasteiger partial charge in [-0.1, -0.05) is 0 Å². The van der Waals surface area contributed by atoms with Crippen LogP contribution in [-0.2, 0) is 10.0 Å². The molecule has 2 N–H and O–H groups in total. The summed E-state index contributed by atoms with van der Waals surface area (Å²) in [5.74, 6) is -0.255. The van der Waals surface area contributed by atoms with Crippen LogP contribution in [-0.4, -0.2) is 14.3 Å². The smallest absolute Gasteiger partial charge is 0.269 e. The highest BCUT2D eigenvalue weighted by molar-refractivity contribution is 7.89. The minimum atomic E-state index is -4.00. The number of furan rings is 1. The van der Waals surface area contributed by atoms with Gasteiger partial charge in [-0.3, -0.25) is 10.2 Å². The lowest BCUT2D eigenvalue weighted by atomic mass is 10.2. The van der Waals surface area contributed by atoms with Crippen LogP contribution in [0, 0.1) is 26.6 Å². The first kappa shape index (κ1) is 16.2. The van der Waals surface area contributed by atoms with Crippen molar-refractivity contribution in [2.45, 2.75) is 25.7 Å². The molecule has 1 heterocycles. The Morgan fingerprint density at radius 1 is 1.18 bits per heavy atom. The average molecular weight is 326 g/mol. The number of rotatable bonds is 4. The Labute approximate surface area is 127 Å². The molecule has 0 saturated carbocycles. The number of amides is 1. The molecule has 22 heavy (non-hydrogen) atoms. The summed E-state index contributed by atoms with van der Waals surface area (Å²) < 4.78 is 42.5. The number of hydrazine groups is 1. The van der Waals surface area contributed by atoms with Gasteiger partial charge in [0.1, 0.15) is 17.3 Å². The normalized spacial score (nSPS) is 11.5. The summed E-state index contributed by atoms with van der Waals surface area (Å²) >= 11 is 0. The fourth-order valence-electron chi connectivity index (χ4n) is 2.01. The number of aryl methyl sites for hydroxylation is 3. The van der Waals surface area contributed by atoms with Crippen LogP contribution in [0.2, 0.25) is 0 Å². The Balaban J connectivity index is 2.16. The second-order valence-electron chi connectivity index (χ2n) is 4.80.